The van der Waals surface area contributed by atoms with E-state index in [4.69, 9.17) is 4.52 Å². The van der Waals surface area contributed by atoms with Crippen molar-refractivity contribution in [1.82, 2.24) is 10.1 Å². The van der Waals surface area contributed by atoms with Crippen LogP contribution in [0.5, 0.6) is 0 Å². The average molecular weight is 188 g/mol. The summed E-state index contributed by atoms with van der Waals surface area (Å²) < 4.78 is 4.70. The minimum atomic E-state index is 0.735. The molecule has 0 atom stereocenters. The lowest BCUT2D eigenvalue weighted by Crippen LogP contribution is -1.95. The third-order valence-electron chi connectivity index (χ3n) is 2.47. The molecule has 2 aromatic rings. The van der Waals surface area contributed by atoms with Gasteiger partial charge in [0.15, 0.2) is 5.82 Å². The third kappa shape index (κ3) is 1.66. The van der Waals surface area contributed by atoms with Crippen LogP contribution in [0, 0.1) is 13.8 Å². The van der Waals surface area contributed by atoms with Gasteiger partial charge in [0.2, 0.25) is 6.39 Å². The molecule has 0 aliphatic heterocycles. The molecular formula is C11H12N2O. The Balaban J connectivity index is 2.29. The van der Waals surface area contributed by atoms with Gasteiger partial charge in [-0.2, -0.15) is 4.98 Å². The van der Waals surface area contributed by atoms with E-state index in [0.717, 1.165) is 12.2 Å². The van der Waals surface area contributed by atoms with Crippen molar-refractivity contribution in [3.05, 3.63) is 47.1 Å². The summed E-state index contributed by atoms with van der Waals surface area (Å²) in [6.45, 7) is 4.22. The smallest absolute Gasteiger partial charge is 0.213 e. The number of hydrogen-bond acceptors (Lipinski definition) is 3. The maximum Gasteiger partial charge on any atom is 0.213 e. The van der Waals surface area contributed by atoms with Crippen LogP contribution >= 0.6 is 0 Å². The highest BCUT2D eigenvalue weighted by atomic mass is 16.5. The van der Waals surface area contributed by atoms with Crippen molar-refractivity contribution < 1.29 is 4.52 Å². The Hall–Kier alpha value is -1.64. The lowest BCUT2D eigenvalue weighted by Gasteiger charge is -2.05. The summed E-state index contributed by atoms with van der Waals surface area (Å²) in [6.07, 6.45) is 2.10. The van der Waals surface area contributed by atoms with E-state index in [1.165, 1.54) is 23.1 Å². The SMILES string of the molecule is Cc1cccc(Cc2ncon2)c1C. The molecule has 72 valence electrons. The molecule has 3 heteroatoms. The zero-order chi connectivity index (χ0) is 9.97. The molecule has 0 saturated carbocycles. The molecule has 0 spiro atoms. The van der Waals surface area contributed by atoms with E-state index >= 15 is 0 Å². The topological polar surface area (TPSA) is 38.9 Å². The van der Waals surface area contributed by atoms with Crippen molar-refractivity contribution in [3.8, 4) is 0 Å². The summed E-state index contributed by atoms with van der Waals surface area (Å²) in [5, 5.41) is 3.80. The Bertz CT molecular complexity index is 421. The largest absolute Gasteiger partial charge is 0.343 e. The number of benzene rings is 1. The first-order valence-corrected chi connectivity index (χ1v) is 4.57. The van der Waals surface area contributed by atoms with Gasteiger partial charge in [0, 0.05) is 6.42 Å². The van der Waals surface area contributed by atoms with Crippen molar-refractivity contribution in [2.75, 3.05) is 0 Å². The number of nitrogens with zero attached hydrogens (tertiary/aromatic N) is 2. The molecule has 0 aliphatic rings. The fraction of sp³-hybridized carbons (Fsp3) is 0.273. The molecule has 1 aromatic carbocycles. The molecule has 0 bridgehead atoms. The van der Waals surface area contributed by atoms with Gasteiger partial charge in [0.1, 0.15) is 0 Å². The van der Waals surface area contributed by atoms with Crippen LogP contribution in [0.15, 0.2) is 29.1 Å². The predicted molar refractivity (Wildman–Crippen MR) is 53.0 cm³/mol. The summed E-state index contributed by atoms with van der Waals surface area (Å²) in [4.78, 5) is 4.00. The van der Waals surface area contributed by atoms with Gasteiger partial charge in [-0.05, 0) is 30.5 Å². The quantitative estimate of drug-likeness (QED) is 0.725. The Labute approximate surface area is 82.8 Å². The van der Waals surface area contributed by atoms with E-state index < -0.39 is 0 Å². The van der Waals surface area contributed by atoms with E-state index in [2.05, 4.69) is 42.2 Å². The van der Waals surface area contributed by atoms with Gasteiger partial charge in [-0.15, -0.1) is 0 Å². The first-order valence-electron chi connectivity index (χ1n) is 4.57. The maximum absolute atomic E-state index is 4.70. The second-order valence-corrected chi connectivity index (χ2v) is 3.38. The third-order valence-corrected chi connectivity index (χ3v) is 2.47. The van der Waals surface area contributed by atoms with Crippen LogP contribution in [0.2, 0.25) is 0 Å². The van der Waals surface area contributed by atoms with Crippen molar-refractivity contribution in [2.24, 2.45) is 0 Å². The molecule has 0 amide bonds. The second-order valence-electron chi connectivity index (χ2n) is 3.38. The van der Waals surface area contributed by atoms with E-state index in [9.17, 15) is 0 Å². The fourth-order valence-electron chi connectivity index (χ4n) is 1.44. The molecular weight excluding hydrogens is 176 g/mol. The van der Waals surface area contributed by atoms with E-state index in [-0.39, 0.29) is 0 Å². The molecule has 3 nitrogen and oxygen atoms in total. The Kier molecular flexibility index (Phi) is 2.31. The molecule has 0 aliphatic carbocycles. The van der Waals surface area contributed by atoms with Gasteiger partial charge >= 0.3 is 0 Å². The van der Waals surface area contributed by atoms with Crippen molar-refractivity contribution in [3.63, 3.8) is 0 Å². The summed E-state index contributed by atoms with van der Waals surface area (Å²) in [5.74, 6) is 0.735. The van der Waals surface area contributed by atoms with Crippen molar-refractivity contribution in [1.29, 1.82) is 0 Å². The van der Waals surface area contributed by atoms with Gasteiger partial charge < -0.3 is 4.52 Å². The summed E-state index contributed by atoms with van der Waals surface area (Å²) in [5.41, 5.74) is 3.86. The molecule has 1 aromatic heterocycles. The normalized spacial score (nSPS) is 10.4. The van der Waals surface area contributed by atoms with Gasteiger partial charge in [-0.3, -0.25) is 0 Å². The van der Waals surface area contributed by atoms with Crippen LogP contribution in [-0.2, 0) is 6.42 Å². The van der Waals surface area contributed by atoms with Gasteiger partial charge in [0.05, 0.1) is 0 Å². The summed E-state index contributed by atoms with van der Waals surface area (Å²) >= 11 is 0. The van der Waals surface area contributed by atoms with E-state index in [0.29, 0.717) is 0 Å². The monoisotopic (exact) mass is 188 g/mol. The zero-order valence-electron chi connectivity index (χ0n) is 8.32. The lowest BCUT2D eigenvalue weighted by molar-refractivity contribution is 0.411. The highest BCUT2D eigenvalue weighted by molar-refractivity contribution is 5.34. The standard InChI is InChI=1S/C11H12N2O/c1-8-4-3-5-10(9(8)2)6-11-12-7-14-13-11/h3-5,7H,6H2,1-2H3. The molecule has 2 rings (SSSR count). The fourth-order valence-corrected chi connectivity index (χ4v) is 1.44. The van der Waals surface area contributed by atoms with Gasteiger partial charge in [0.25, 0.3) is 0 Å². The van der Waals surface area contributed by atoms with Crippen LogP contribution in [0.4, 0.5) is 0 Å². The van der Waals surface area contributed by atoms with Crippen LogP contribution < -0.4 is 0 Å². The zero-order valence-corrected chi connectivity index (χ0v) is 8.32. The lowest BCUT2D eigenvalue weighted by atomic mass is 10.0. The highest BCUT2D eigenvalue weighted by Crippen LogP contribution is 2.14. The Morgan fingerprint density at radius 1 is 1.29 bits per heavy atom. The van der Waals surface area contributed by atoms with E-state index in [1.54, 1.807) is 0 Å². The van der Waals surface area contributed by atoms with E-state index in [1.807, 2.05) is 0 Å². The Morgan fingerprint density at radius 3 is 2.86 bits per heavy atom. The van der Waals surface area contributed by atoms with Gasteiger partial charge in [-0.25, -0.2) is 0 Å². The first kappa shape index (κ1) is 8.94. The Morgan fingerprint density at radius 2 is 2.14 bits per heavy atom. The van der Waals surface area contributed by atoms with Gasteiger partial charge in [-0.1, -0.05) is 23.4 Å². The minimum absolute atomic E-state index is 0.735. The first-order chi connectivity index (χ1) is 6.77. The van der Waals surface area contributed by atoms with Crippen molar-refractivity contribution in [2.45, 2.75) is 20.3 Å². The van der Waals surface area contributed by atoms with Crippen molar-refractivity contribution >= 4 is 0 Å². The number of aromatic nitrogens is 2. The molecule has 0 N–H and O–H groups in total. The molecule has 14 heavy (non-hydrogen) atoms. The molecule has 0 unspecified atom stereocenters. The average Bonchev–Trinajstić information content (AvgIpc) is 2.66. The number of aryl methyl sites for hydroxylation is 1. The van der Waals surface area contributed by atoms with Crippen LogP contribution in [0.3, 0.4) is 0 Å². The highest BCUT2D eigenvalue weighted by Gasteiger charge is 2.04. The summed E-state index contributed by atoms with van der Waals surface area (Å²) in [6, 6.07) is 6.26. The molecule has 1 heterocycles. The van der Waals surface area contributed by atoms with Crippen LogP contribution in [0.1, 0.15) is 22.5 Å². The number of rotatable bonds is 2. The maximum atomic E-state index is 4.70. The minimum Gasteiger partial charge on any atom is -0.343 e. The predicted octanol–water partition coefficient (Wildman–Crippen LogP) is 2.28. The second kappa shape index (κ2) is 3.62. The van der Waals surface area contributed by atoms with Crippen LogP contribution in [0.25, 0.3) is 0 Å². The summed E-state index contributed by atoms with van der Waals surface area (Å²) in [7, 11) is 0. The molecule has 0 saturated heterocycles. The molecule has 0 fully saturated rings. The van der Waals surface area contributed by atoms with Crippen LogP contribution in [-0.4, -0.2) is 10.1 Å². The molecule has 0 radical (unpaired) electrons. The number of hydrogen-bond donors (Lipinski definition) is 0.